The Hall–Kier alpha value is -3.25. The molecule has 3 aromatic rings. The second kappa shape index (κ2) is 11.9. The zero-order valence-electron chi connectivity index (χ0n) is 21.1. The van der Waals surface area contributed by atoms with E-state index in [1.54, 1.807) is 25.1 Å². The molecule has 198 valence electrons. The van der Waals surface area contributed by atoms with Crippen LogP contribution >= 0.6 is 0 Å². The van der Waals surface area contributed by atoms with Gasteiger partial charge in [0.05, 0.1) is 16.9 Å². The summed E-state index contributed by atoms with van der Waals surface area (Å²) in [4.78, 5) is 13.3. The van der Waals surface area contributed by atoms with Crippen LogP contribution in [0.4, 0.5) is 0 Å². The maximum absolute atomic E-state index is 13.2. The quantitative estimate of drug-likeness (QED) is 0.382. The number of aryl methyl sites for hydroxylation is 1. The van der Waals surface area contributed by atoms with Crippen molar-refractivity contribution in [2.45, 2.75) is 35.7 Å². The molecule has 0 aliphatic rings. The Kier molecular flexibility index (Phi) is 9.08. The van der Waals surface area contributed by atoms with Crippen molar-refractivity contribution in [3.63, 3.8) is 0 Å². The molecule has 9 nitrogen and oxygen atoms in total. The Bertz CT molecular complexity index is 1440. The molecule has 37 heavy (non-hydrogen) atoms. The molecule has 0 bridgehead atoms. The summed E-state index contributed by atoms with van der Waals surface area (Å²) in [5, 5.41) is 2.76. The molecule has 0 aromatic heterocycles. The third kappa shape index (κ3) is 7.16. The van der Waals surface area contributed by atoms with Crippen LogP contribution in [-0.2, 0) is 37.8 Å². The van der Waals surface area contributed by atoms with Gasteiger partial charge < -0.3 is 10.1 Å². The average Bonchev–Trinajstić information content (AvgIpc) is 2.87. The van der Waals surface area contributed by atoms with Crippen molar-refractivity contribution in [2.75, 3.05) is 21.2 Å². The number of carbonyl (C=O) groups is 1. The monoisotopic (exact) mass is 545 g/mol. The normalized spacial score (nSPS) is 12.8. The van der Waals surface area contributed by atoms with E-state index in [1.165, 1.54) is 45.5 Å². The van der Waals surface area contributed by atoms with E-state index in [0.717, 1.165) is 9.87 Å². The first kappa shape index (κ1) is 28.3. The van der Waals surface area contributed by atoms with Gasteiger partial charge >= 0.3 is 0 Å². The van der Waals surface area contributed by atoms with E-state index in [9.17, 15) is 21.6 Å². The van der Waals surface area contributed by atoms with Crippen LogP contribution in [0.3, 0.4) is 0 Å². The molecule has 1 amide bonds. The lowest BCUT2D eigenvalue weighted by Gasteiger charge is -2.19. The first-order chi connectivity index (χ1) is 17.4. The predicted molar refractivity (Wildman–Crippen MR) is 141 cm³/mol. The Morgan fingerprint density at radius 3 is 2.08 bits per heavy atom. The number of amides is 1. The van der Waals surface area contributed by atoms with E-state index in [1.807, 2.05) is 30.3 Å². The van der Waals surface area contributed by atoms with Gasteiger partial charge in [-0.2, -0.15) is 4.72 Å². The molecule has 0 aliphatic heterocycles. The highest BCUT2D eigenvalue weighted by Gasteiger charge is 2.26. The number of hydrogen-bond acceptors (Lipinski definition) is 6. The summed E-state index contributed by atoms with van der Waals surface area (Å²) < 4.78 is 59.7. The summed E-state index contributed by atoms with van der Waals surface area (Å²) >= 11 is 0. The minimum Gasteiger partial charge on any atom is -0.496 e. The second-order valence-corrected chi connectivity index (χ2v) is 12.5. The fourth-order valence-electron chi connectivity index (χ4n) is 3.61. The van der Waals surface area contributed by atoms with Gasteiger partial charge in [0.1, 0.15) is 11.8 Å². The molecule has 1 unspecified atom stereocenters. The lowest BCUT2D eigenvalue weighted by molar-refractivity contribution is -0.122. The molecule has 3 aromatic carbocycles. The first-order valence-electron chi connectivity index (χ1n) is 11.4. The largest absolute Gasteiger partial charge is 0.496 e. The van der Waals surface area contributed by atoms with Crippen molar-refractivity contribution >= 4 is 26.0 Å². The maximum Gasteiger partial charge on any atom is 0.242 e. The van der Waals surface area contributed by atoms with Gasteiger partial charge in [-0.05, 0) is 60.4 Å². The van der Waals surface area contributed by atoms with E-state index >= 15 is 0 Å². The zero-order chi connectivity index (χ0) is 27.2. The topological polar surface area (TPSA) is 122 Å². The van der Waals surface area contributed by atoms with E-state index in [-0.39, 0.29) is 22.8 Å². The van der Waals surface area contributed by atoms with Gasteiger partial charge in [-0.3, -0.25) is 4.79 Å². The van der Waals surface area contributed by atoms with Gasteiger partial charge in [0.25, 0.3) is 0 Å². The molecule has 0 fully saturated rings. The maximum atomic E-state index is 13.2. The van der Waals surface area contributed by atoms with Crippen molar-refractivity contribution < 1.29 is 26.4 Å². The molecule has 0 saturated carbocycles. The fraction of sp³-hybridized carbons (Fsp3) is 0.269. The van der Waals surface area contributed by atoms with Crippen molar-refractivity contribution in [3.05, 3.63) is 89.5 Å². The Labute approximate surface area is 218 Å². The van der Waals surface area contributed by atoms with Crippen LogP contribution in [0.2, 0.25) is 0 Å². The van der Waals surface area contributed by atoms with Gasteiger partial charge in [0, 0.05) is 20.6 Å². The molecular formula is C26H31N3O6S2. The highest BCUT2D eigenvalue weighted by atomic mass is 32.2. The number of sulfonamides is 2. The molecule has 0 heterocycles. The van der Waals surface area contributed by atoms with Crippen LogP contribution in [0.5, 0.6) is 5.75 Å². The second-order valence-electron chi connectivity index (χ2n) is 8.64. The minimum absolute atomic E-state index is 0.0225. The molecule has 0 saturated heterocycles. The Morgan fingerprint density at radius 2 is 1.51 bits per heavy atom. The highest BCUT2D eigenvalue weighted by Crippen LogP contribution is 2.22. The van der Waals surface area contributed by atoms with E-state index in [4.69, 9.17) is 4.74 Å². The highest BCUT2D eigenvalue weighted by molar-refractivity contribution is 7.89. The van der Waals surface area contributed by atoms with E-state index in [2.05, 4.69) is 10.0 Å². The number of benzene rings is 3. The predicted octanol–water partition coefficient (Wildman–Crippen LogP) is 2.46. The number of nitrogens with zero attached hydrogens (tertiary/aromatic N) is 1. The lowest BCUT2D eigenvalue weighted by Crippen LogP contribution is -2.47. The molecule has 1 atom stereocenters. The van der Waals surface area contributed by atoms with E-state index < -0.39 is 32.0 Å². The number of ether oxygens (including phenoxy) is 1. The smallest absolute Gasteiger partial charge is 0.242 e. The summed E-state index contributed by atoms with van der Waals surface area (Å²) in [6.45, 7) is 1.83. The fourth-order valence-corrected chi connectivity index (χ4v) is 5.80. The summed E-state index contributed by atoms with van der Waals surface area (Å²) in [5.41, 5.74) is 2.10. The van der Waals surface area contributed by atoms with Gasteiger partial charge in [-0.15, -0.1) is 0 Å². The summed E-state index contributed by atoms with van der Waals surface area (Å²) in [7, 11) is -3.19. The van der Waals surface area contributed by atoms with Crippen LogP contribution in [-0.4, -0.2) is 54.3 Å². The SMILES string of the molecule is COc1ccc(S(=O)(=O)NC(Cc2ccccc2)C(=O)NCc2ccc(S(=O)(=O)N(C)C)cc2)cc1C. The molecule has 0 radical (unpaired) electrons. The van der Waals surface area contributed by atoms with Crippen molar-refractivity contribution in [3.8, 4) is 5.75 Å². The Balaban J connectivity index is 1.79. The van der Waals surface area contributed by atoms with Crippen LogP contribution in [0, 0.1) is 6.92 Å². The summed E-state index contributed by atoms with van der Waals surface area (Å²) in [6.07, 6.45) is 0.140. The molecule has 2 N–H and O–H groups in total. The van der Waals surface area contributed by atoms with Gasteiger partial charge in [0.2, 0.25) is 26.0 Å². The number of rotatable bonds is 11. The Morgan fingerprint density at radius 1 is 0.892 bits per heavy atom. The van der Waals surface area contributed by atoms with Crippen LogP contribution in [0.15, 0.2) is 82.6 Å². The average molecular weight is 546 g/mol. The van der Waals surface area contributed by atoms with Crippen molar-refractivity contribution in [2.24, 2.45) is 0 Å². The number of methoxy groups -OCH3 is 1. The summed E-state index contributed by atoms with van der Waals surface area (Å²) in [6, 6.07) is 18.6. The van der Waals surface area contributed by atoms with Gasteiger partial charge in [-0.1, -0.05) is 42.5 Å². The number of hydrogen-bond donors (Lipinski definition) is 2. The molecular weight excluding hydrogens is 514 g/mol. The first-order valence-corrected chi connectivity index (χ1v) is 14.4. The third-order valence-corrected chi connectivity index (χ3v) is 9.04. The minimum atomic E-state index is -4.02. The van der Waals surface area contributed by atoms with Crippen molar-refractivity contribution in [1.29, 1.82) is 0 Å². The number of nitrogens with one attached hydrogen (secondary N) is 2. The lowest BCUT2D eigenvalue weighted by atomic mass is 10.1. The van der Waals surface area contributed by atoms with Crippen LogP contribution < -0.4 is 14.8 Å². The van der Waals surface area contributed by atoms with Gasteiger partial charge in [0.15, 0.2) is 0 Å². The van der Waals surface area contributed by atoms with Gasteiger partial charge in [-0.25, -0.2) is 21.1 Å². The van der Waals surface area contributed by atoms with E-state index in [0.29, 0.717) is 16.9 Å². The molecule has 0 aliphatic carbocycles. The molecule has 3 rings (SSSR count). The molecule has 11 heteroatoms. The zero-order valence-corrected chi connectivity index (χ0v) is 22.8. The van der Waals surface area contributed by atoms with Crippen LogP contribution in [0.1, 0.15) is 16.7 Å². The van der Waals surface area contributed by atoms with Crippen molar-refractivity contribution in [1.82, 2.24) is 14.3 Å². The third-order valence-electron chi connectivity index (χ3n) is 5.74. The molecule has 0 spiro atoms. The standard InChI is InChI=1S/C26H31N3O6S2/c1-19-16-23(14-15-25(19)35-4)36(31,32)28-24(17-20-8-6-5-7-9-20)26(30)27-18-21-10-12-22(13-11-21)37(33,34)29(2)3/h5-16,24,28H,17-18H2,1-4H3,(H,27,30). The number of carbonyl (C=O) groups excluding carboxylic acids is 1. The summed E-state index contributed by atoms with van der Waals surface area (Å²) in [5.74, 6) is 0.0459. The van der Waals surface area contributed by atoms with Crippen LogP contribution in [0.25, 0.3) is 0 Å².